The van der Waals surface area contributed by atoms with Gasteiger partial charge in [-0.15, -0.1) is 11.3 Å². The third-order valence-electron chi connectivity index (χ3n) is 2.53. The zero-order valence-corrected chi connectivity index (χ0v) is 11.6. The van der Waals surface area contributed by atoms with Crippen LogP contribution in [0.15, 0.2) is 30.9 Å². The highest BCUT2D eigenvalue weighted by molar-refractivity contribution is 7.73. The molecule has 2 aromatic rings. The zero-order valence-electron chi connectivity index (χ0n) is 9.93. The molecule has 1 N–H and O–H groups in total. The summed E-state index contributed by atoms with van der Waals surface area (Å²) in [6, 6.07) is 6.02. The molecular formula is C13H13NO2S2. The van der Waals surface area contributed by atoms with Gasteiger partial charge in [-0.1, -0.05) is 18.7 Å². The predicted molar refractivity (Wildman–Crippen MR) is 76.5 cm³/mol. The largest absolute Gasteiger partial charge is 0.459 e. The summed E-state index contributed by atoms with van der Waals surface area (Å²) in [6.45, 7) is 5.24. The van der Waals surface area contributed by atoms with Gasteiger partial charge in [-0.05, 0) is 30.8 Å². The average Bonchev–Trinajstić information content (AvgIpc) is 2.70. The lowest BCUT2D eigenvalue weighted by Crippen LogP contribution is -2.15. The highest BCUT2D eigenvalue weighted by Gasteiger charge is 2.11. The molecule has 1 unspecified atom stereocenters. The van der Waals surface area contributed by atoms with Gasteiger partial charge in [0.25, 0.3) is 0 Å². The van der Waals surface area contributed by atoms with Crippen LogP contribution in [0.3, 0.4) is 0 Å². The van der Waals surface area contributed by atoms with E-state index in [1.807, 2.05) is 25.1 Å². The van der Waals surface area contributed by atoms with Crippen LogP contribution in [0, 0.1) is 3.95 Å². The molecule has 0 spiro atoms. The Morgan fingerprint density at radius 3 is 3.17 bits per heavy atom. The van der Waals surface area contributed by atoms with Crippen LogP contribution in [-0.4, -0.2) is 17.1 Å². The molecule has 2 rings (SSSR count). The van der Waals surface area contributed by atoms with Crippen molar-refractivity contribution >= 4 is 39.7 Å². The molecule has 0 radical (unpaired) electrons. The Hall–Kier alpha value is -1.46. The van der Waals surface area contributed by atoms with Gasteiger partial charge in [-0.2, -0.15) is 0 Å². The van der Waals surface area contributed by atoms with Crippen LogP contribution in [0.5, 0.6) is 0 Å². The van der Waals surface area contributed by atoms with E-state index < -0.39 is 5.97 Å². The maximum absolute atomic E-state index is 11.1. The molecule has 0 bridgehead atoms. The lowest BCUT2D eigenvalue weighted by Gasteiger charge is -2.12. The molecule has 5 heteroatoms. The van der Waals surface area contributed by atoms with E-state index in [0.29, 0.717) is 6.42 Å². The normalized spacial score (nSPS) is 12.3. The molecule has 1 heterocycles. The zero-order chi connectivity index (χ0) is 13.1. The van der Waals surface area contributed by atoms with E-state index in [0.717, 1.165) is 19.7 Å². The number of esters is 1. The summed E-state index contributed by atoms with van der Waals surface area (Å²) >= 11 is 6.69. The first-order valence-electron chi connectivity index (χ1n) is 5.54. The van der Waals surface area contributed by atoms with E-state index in [-0.39, 0.29) is 6.10 Å². The molecule has 18 heavy (non-hydrogen) atoms. The fourth-order valence-corrected chi connectivity index (χ4v) is 2.95. The van der Waals surface area contributed by atoms with Gasteiger partial charge in [0.05, 0.1) is 10.2 Å². The number of benzene rings is 1. The fraction of sp³-hybridized carbons (Fsp3) is 0.231. The number of nitrogens with one attached hydrogen (secondary N) is 1. The van der Waals surface area contributed by atoms with Crippen LogP contribution in [0.4, 0.5) is 0 Å². The predicted octanol–water partition coefficient (Wildman–Crippen LogP) is 3.62. The van der Waals surface area contributed by atoms with Gasteiger partial charge in [-0.25, -0.2) is 4.79 Å². The van der Waals surface area contributed by atoms with E-state index in [2.05, 4.69) is 11.6 Å². The topological polar surface area (TPSA) is 42.1 Å². The van der Waals surface area contributed by atoms with Crippen LogP contribution in [0.25, 0.3) is 10.2 Å². The summed E-state index contributed by atoms with van der Waals surface area (Å²) < 4.78 is 7.05. The Labute approximate surface area is 114 Å². The summed E-state index contributed by atoms with van der Waals surface area (Å²) in [5.74, 6) is -0.395. The molecule has 0 fully saturated rings. The number of para-hydroxylation sites is 1. The van der Waals surface area contributed by atoms with E-state index in [1.165, 1.54) is 6.08 Å². The minimum Gasteiger partial charge on any atom is -0.459 e. The molecule has 1 aromatic carbocycles. The van der Waals surface area contributed by atoms with E-state index >= 15 is 0 Å². The minimum atomic E-state index is -0.395. The van der Waals surface area contributed by atoms with Gasteiger partial charge >= 0.3 is 5.97 Å². The standard InChI is InChI=1S/C13H13NO2S2/c1-3-11(15)16-8(2)7-9-5-4-6-10-12(9)14-13(17)18-10/h3-6,8H,1,7H2,2H3,(H,14,17). The average molecular weight is 279 g/mol. The Morgan fingerprint density at radius 1 is 1.67 bits per heavy atom. The van der Waals surface area contributed by atoms with Crippen molar-refractivity contribution in [2.45, 2.75) is 19.4 Å². The number of H-pyrrole nitrogens is 1. The number of hydrogen-bond donors (Lipinski definition) is 1. The highest BCUT2D eigenvalue weighted by Crippen LogP contribution is 2.23. The van der Waals surface area contributed by atoms with Crippen molar-refractivity contribution in [1.82, 2.24) is 4.98 Å². The quantitative estimate of drug-likeness (QED) is 0.528. The van der Waals surface area contributed by atoms with Crippen LogP contribution in [0.1, 0.15) is 12.5 Å². The maximum Gasteiger partial charge on any atom is 0.330 e. The number of rotatable bonds is 4. The van der Waals surface area contributed by atoms with Gasteiger partial charge in [0, 0.05) is 12.5 Å². The summed E-state index contributed by atoms with van der Waals surface area (Å²) in [6.07, 6.45) is 1.64. The molecule has 1 atom stereocenters. The number of aromatic nitrogens is 1. The molecule has 0 aliphatic rings. The van der Waals surface area contributed by atoms with Crippen molar-refractivity contribution in [2.75, 3.05) is 0 Å². The van der Waals surface area contributed by atoms with Crippen molar-refractivity contribution in [3.63, 3.8) is 0 Å². The molecule has 1 aromatic heterocycles. The first kappa shape index (κ1) is 13.0. The van der Waals surface area contributed by atoms with E-state index in [9.17, 15) is 4.79 Å². The van der Waals surface area contributed by atoms with Crippen molar-refractivity contribution in [3.8, 4) is 0 Å². The second-order valence-corrected chi connectivity index (χ2v) is 5.68. The van der Waals surface area contributed by atoms with Crippen molar-refractivity contribution < 1.29 is 9.53 Å². The Morgan fingerprint density at radius 2 is 2.44 bits per heavy atom. The summed E-state index contributed by atoms with van der Waals surface area (Å²) in [4.78, 5) is 14.3. The number of aromatic amines is 1. The van der Waals surface area contributed by atoms with Gasteiger partial charge in [-0.3, -0.25) is 0 Å². The number of carbonyl (C=O) groups excluding carboxylic acids is 1. The molecular weight excluding hydrogens is 266 g/mol. The number of ether oxygens (including phenoxy) is 1. The van der Waals surface area contributed by atoms with Gasteiger partial charge in [0.15, 0.2) is 3.95 Å². The van der Waals surface area contributed by atoms with Crippen LogP contribution >= 0.6 is 23.6 Å². The fourth-order valence-electron chi connectivity index (χ4n) is 1.80. The Kier molecular flexibility index (Phi) is 3.93. The van der Waals surface area contributed by atoms with Gasteiger partial charge < -0.3 is 9.72 Å². The van der Waals surface area contributed by atoms with Crippen molar-refractivity contribution in [3.05, 3.63) is 40.4 Å². The molecule has 0 amide bonds. The number of thiazole rings is 1. The summed E-state index contributed by atoms with van der Waals surface area (Å²) in [5, 5.41) is 0. The molecule has 0 saturated heterocycles. The highest BCUT2D eigenvalue weighted by atomic mass is 32.1. The number of fused-ring (bicyclic) bond motifs is 1. The van der Waals surface area contributed by atoms with Crippen molar-refractivity contribution in [1.29, 1.82) is 0 Å². The molecule has 0 saturated carbocycles. The number of carbonyl (C=O) groups is 1. The second kappa shape index (κ2) is 5.46. The third kappa shape index (κ3) is 2.86. The maximum atomic E-state index is 11.1. The molecule has 3 nitrogen and oxygen atoms in total. The Bertz CT molecular complexity index is 642. The van der Waals surface area contributed by atoms with Gasteiger partial charge in [0.1, 0.15) is 6.10 Å². The van der Waals surface area contributed by atoms with Gasteiger partial charge in [0.2, 0.25) is 0 Å². The molecule has 0 aliphatic carbocycles. The molecule has 94 valence electrons. The summed E-state index contributed by atoms with van der Waals surface area (Å²) in [7, 11) is 0. The van der Waals surface area contributed by atoms with E-state index in [4.69, 9.17) is 17.0 Å². The first-order chi connectivity index (χ1) is 8.60. The SMILES string of the molecule is C=CC(=O)OC(C)Cc1cccc2sc(=S)[nH]c12. The minimum absolute atomic E-state index is 0.192. The first-order valence-corrected chi connectivity index (χ1v) is 6.76. The van der Waals surface area contributed by atoms with Crippen LogP contribution in [0.2, 0.25) is 0 Å². The monoisotopic (exact) mass is 279 g/mol. The van der Waals surface area contributed by atoms with Crippen molar-refractivity contribution in [2.24, 2.45) is 0 Å². The van der Waals surface area contributed by atoms with E-state index in [1.54, 1.807) is 11.3 Å². The smallest absolute Gasteiger partial charge is 0.330 e. The number of hydrogen-bond acceptors (Lipinski definition) is 4. The lowest BCUT2D eigenvalue weighted by atomic mass is 10.1. The molecule has 0 aliphatic heterocycles. The van der Waals surface area contributed by atoms with Crippen LogP contribution < -0.4 is 0 Å². The lowest BCUT2D eigenvalue weighted by molar-refractivity contribution is -0.142. The Balaban J connectivity index is 2.23. The second-order valence-electron chi connectivity index (χ2n) is 3.96. The third-order valence-corrected chi connectivity index (χ3v) is 3.73. The summed E-state index contributed by atoms with van der Waals surface area (Å²) in [5.41, 5.74) is 2.14. The van der Waals surface area contributed by atoms with Crippen LogP contribution in [-0.2, 0) is 16.0 Å².